The molecule has 1 aliphatic rings. The molecule has 1 amide bonds. The Morgan fingerprint density at radius 1 is 1.14 bits per heavy atom. The predicted octanol–water partition coefficient (Wildman–Crippen LogP) is 4.17. The van der Waals surface area contributed by atoms with Gasteiger partial charge >= 0.3 is 12.3 Å². The quantitative estimate of drug-likeness (QED) is 0.626. The molecule has 3 rings (SSSR count). The highest BCUT2D eigenvalue weighted by molar-refractivity contribution is 5.85. The predicted molar refractivity (Wildman–Crippen MR) is 99.7 cm³/mol. The largest absolute Gasteiger partial charge is 0.453 e. The number of hydrogen-bond acceptors (Lipinski definition) is 5. The highest BCUT2D eigenvalue weighted by atomic mass is 19.4. The molecule has 2 aromatic rings. The van der Waals surface area contributed by atoms with Crippen molar-refractivity contribution in [2.45, 2.75) is 31.7 Å². The highest BCUT2D eigenvalue weighted by Crippen LogP contribution is 2.31. The monoisotopic (exact) mass is 394 g/mol. The van der Waals surface area contributed by atoms with Crippen molar-refractivity contribution in [2.75, 3.05) is 17.7 Å². The fraction of sp³-hybridized carbons (Fsp3) is 0.316. The second-order valence-electron chi connectivity index (χ2n) is 6.54. The Morgan fingerprint density at radius 3 is 2.46 bits per heavy atom. The second kappa shape index (κ2) is 8.07. The molecule has 28 heavy (non-hydrogen) atoms. The Labute approximate surface area is 160 Å². The number of hydrogen-bond donors (Lipinski definition) is 4. The van der Waals surface area contributed by atoms with Gasteiger partial charge < -0.3 is 10.1 Å². The Kier molecular flexibility index (Phi) is 5.76. The van der Waals surface area contributed by atoms with Crippen LogP contribution in [-0.2, 0) is 10.9 Å². The third-order valence-corrected chi connectivity index (χ3v) is 4.53. The molecule has 2 atom stereocenters. The number of aryl methyl sites for hydroxylation is 1. The Morgan fingerprint density at radius 2 is 1.86 bits per heavy atom. The van der Waals surface area contributed by atoms with Gasteiger partial charge in [-0.05, 0) is 48.4 Å². The van der Waals surface area contributed by atoms with Gasteiger partial charge in [-0.1, -0.05) is 12.1 Å². The lowest BCUT2D eigenvalue weighted by Gasteiger charge is -2.17. The standard InChI is InChI=1S/C19H21F3N4O2/c1-11-9-14(23-18(27)28-2)7-8-15(11)24-17-10-16(25-26-17)12-3-5-13(6-4-12)19(20,21)22/h3-9,16-17,24-26H,10H2,1-2H3,(H,23,27). The molecule has 0 aromatic heterocycles. The summed E-state index contributed by atoms with van der Waals surface area (Å²) < 4.78 is 42.6. The number of benzene rings is 2. The zero-order chi connectivity index (χ0) is 20.3. The van der Waals surface area contributed by atoms with Crippen LogP contribution >= 0.6 is 0 Å². The summed E-state index contributed by atoms with van der Waals surface area (Å²) in [6, 6.07) is 10.5. The number of alkyl halides is 3. The van der Waals surface area contributed by atoms with Gasteiger partial charge in [0.25, 0.3) is 0 Å². The van der Waals surface area contributed by atoms with Crippen LogP contribution in [0.4, 0.5) is 29.3 Å². The van der Waals surface area contributed by atoms with E-state index < -0.39 is 17.8 Å². The molecule has 2 unspecified atom stereocenters. The van der Waals surface area contributed by atoms with Crippen molar-refractivity contribution in [1.29, 1.82) is 0 Å². The number of carbonyl (C=O) groups excluding carboxylic acids is 1. The van der Waals surface area contributed by atoms with Crippen molar-refractivity contribution in [3.05, 3.63) is 59.2 Å². The number of ether oxygens (including phenoxy) is 1. The summed E-state index contributed by atoms with van der Waals surface area (Å²) in [5.41, 5.74) is 8.75. The average molecular weight is 394 g/mol. The second-order valence-corrected chi connectivity index (χ2v) is 6.54. The zero-order valence-corrected chi connectivity index (χ0v) is 15.4. The Balaban J connectivity index is 1.61. The van der Waals surface area contributed by atoms with E-state index in [0.717, 1.165) is 28.9 Å². The lowest BCUT2D eigenvalue weighted by atomic mass is 10.0. The van der Waals surface area contributed by atoms with Crippen molar-refractivity contribution in [3.63, 3.8) is 0 Å². The molecule has 6 nitrogen and oxygen atoms in total. The molecule has 1 fully saturated rings. The van der Waals surface area contributed by atoms with Crippen LogP contribution in [0.5, 0.6) is 0 Å². The van der Waals surface area contributed by atoms with Gasteiger partial charge in [-0.25, -0.2) is 15.6 Å². The van der Waals surface area contributed by atoms with Crippen LogP contribution in [0.3, 0.4) is 0 Å². The number of amides is 1. The van der Waals surface area contributed by atoms with Crippen LogP contribution < -0.4 is 21.5 Å². The smallest absolute Gasteiger partial charge is 0.416 e. The number of hydrazine groups is 1. The summed E-state index contributed by atoms with van der Waals surface area (Å²) in [5.74, 6) is 0. The Hall–Kier alpha value is -2.78. The number of rotatable bonds is 4. The van der Waals surface area contributed by atoms with Crippen LogP contribution in [0.1, 0.15) is 29.2 Å². The summed E-state index contributed by atoms with van der Waals surface area (Å²) >= 11 is 0. The molecule has 9 heteroatoms. The van der Waals surface area contributed by atoms with Gasteiger partial charge in [-0.15, -0.1) is 0 Å². The van der Waals surface area contributed by atoms with E-state index in [0.29, 0.717) is 12.1 Å². The first-order valence-corrected chi connectivity index (χ1v) is 8.66. The molecule has 0 saturated carbocycles. The Bertz CT molecular complexity index is 840. The molecule has 150 valence electrons. The van der Waals surface area contributed by atoms with Crippen molar-refractivity contribution < 1.29 is 22.7 Å². The molecule has 2 aromatic carbocycles. The maximum atomic E-state index is 12.7. The van der Waals surface area contributed by atoms with E-state index in [1.165, 1.54) is 19.2 Å². The first kappa shape index (κ1) is 20.0. The normalized spacial score (nSPS) is 19.3. The van der Waals surface area contributed by atoms with Gasteiger partial charge in [0.2, 0.25) is 0 Å². The number of halogens is 3. The van der Waals surface area contributed by atoms with Gasteiger partial charge in [0, 0.05) is 23.8 Å². The lowest BCUT2D eigenvalue weighted by molar-refractivity contribution is -0.137. The van der Waals surface area contributed by atoms with Gasteiger partial charge in [0.1, 0.15) is 0 Å². The minimum atomic E-state index is -4.34. The summed E-state index contributed by atoms with van der Waals surface area (Å²) in [4.78, 5) is 11.3. The molecule has 1 saturated heterocycles. The van der Waals surface area contributed by atoms with Crippen LogP contribution in [-0.4, -0.2) is 19.4 Å². The van der Waals surface area contributed by atoms with E-state index in [1.807, 2.05) is 19.1 Å². The third-order valence-electron chi connectivity index (χ3n) is 4.53. The number of nitrogens with one attached hydrogen (secondary N) is 4. The van der Waals surface area contributed by atoms with Crippen LogP contribution in [0, 0.1) is 6.92 Å². The molecule has 1 aliphatic heterocycles. The van der Waals surface area contributed by atoms with Crippen LogP contribution in [0.15, 0.2) is 42.5 Å². The fourth-order valence-corrected chi connectivity index (χ4v) is 3.03. The third kappa shape index (κ3) is 4.73. The van der Waals surface area contributed by atoms with Crippen molar-refractivity contribution in [2.24, 2.45) is 0 Å². The van der Waals surface area contributed by atoms with Crippen LogP contribution in [0.25, 0.3) is 0 Å². The van der Waals surface area contributed by atoms with E-state index in [1.54, 1.807) is 6.07 Å². The van der Waals surface area contributed by atoms with Gasteiger partial charge in [0.15, 0.2) is 0 Å². The van der Waals surface area contributed by atoms with E-state index in [2.05, 4.69) is 26.2 Å². The number of carbonyl (C=O) groups is 1. The van der Waals surface area contributed by atoms with E-state index in [4.69, 9.17) is 0 Å². The summed E-state index contributed by atoms with van der Waals surface area (Å²) in [6.07, 6.45) is -4.34. The lowest BCUT2D eigenvalue weighted by Crippen LogP contribution is -2.36. The molecule has 0 spiro atoms. The summed E-state index contributed by atoms with van der Waals surface area (Å²) in [7, 11) is 1.30. The van der Waals surface area contributed by atoms with E-state index in [-0.39, 0.29) is 12.2 Å². The molecular weight excluding hydrogens is 373 g/mol. The van der Waals surface area contributed by atoms with Crippen molar-refractivity contribution in [1.82, 2.24) is 10.9 Å². The van der Waals surface area contributed by atoms with Crippen molar-refractivity contribution >= 4 is 17.5 Å². The fourth-order valence-electron chi connectivity index (χ4n) is 3.03. The molecule has 1 heterocycles. The summed E-state index contributed by atoms with van der Waals surface area (Å²) in [6.45, 7) is 1.90. The van der Waals surface area contributed by atoms with E-state index >= 15 is 0 Å². The first-order chi connectivity index (χ1) is 13.3. The zero-order valence-electron chi connectivity index (χ0n) is 15.4. The van der Waals surface area contributed by atoms with Gasteiger partial charge in [0.05, 0.1) is 18.8 Å². The number of methoxy groups -OCH3 is 1. The minimum absolute atomic E-state index is 0.106. The van der Waals surface area contributed by atoms with Crippen molar-refractivity contribution in [3.8, 4) is 0 Å². The SMILES string of the molecule is COC(=O)Nc1ccc(NC2CC(c3ccc(C(F)(F)F)cc3)NN2)c(C)c1. The topological polar surface area (TPSA) is 74.4 Å². The maximum absolute atomic E-state index is 12.7. The minimum Gasteiger partial charge on any atom is -0.453 e. The highest BCUT2D eigenvalue weighted by Gasteiger charge is 2.31. The molecule has 0 radical (unpaired) electrons. The number of anilines is 2. The molecule has 4 N–H and O–H groups in total. The maximum Gasteiger partial charge on any atom is 0.416 e. The van der Waals surface area contributed by atoms with Gasteiger partial charge in [-0.3, -0.25) is 5.32 Å². The summed E-state index contributed by atoms with van der Waals surface area (Å²) in [5, 5.41) is 5.94. The van der Waals surface area contributed by atoms with Crippen LogP contribution in [0.2, 0.25) is 0 Å². The first-order valence-electron chi connectivity index (χ1n) is 8.66. The van der Waals surface area contributed by atoms with Gasteiger partial charge in [-0.2, -0.15) is 13.2 Å². The molecular formula is C19H21F3N4O2. The molecule has 0 bridgehead atoms. The average Bonchev–Trinajstić information content (AvgIpc) is 3.12. The van der Waals surface area contributed by atoms with E-state index in [9.17, 15) is 18.0 Å². The molecule has 0 aliphatic carbocycles.